The second kappa shape index (κ2) is 9.51. The lowest BCUT2D eigenvalue weighted by Gasteiger charge is -2.08. The first kappa shape index (κ1) is 20.2. The predicted octanol–water partition coefficient (Wildman–Crippen LogP) is 4.06. The Morgan fingerprint density at radius 1 is 0.800 bits per heavy atom. The van der Waals surface area contributed by atoms with Crippen molar-refractivity contribution >= 4 is 57.0 Å². The van der Waals surface area contributed by atoms with E-state index in [0.717, 1.165) is 18.3 Å². The number of carbonyl (C=O) groups excluding carboxylic acids is 2. The van der Waals surface area contributed by atoms with Crippen molar-refractivity contribution in [1.82, 2.24) is 10.6 Å². The maximum atomic E-state index is 12.1. The van der Waals surface area contributed by atoms with Crippen molar-refractivity contribution in [3.8, 4) is 0 Å². The molecular weight excluding hydrogens is 542 g/mol. The molecule has 4 nitrogen and oxygen atoms in total. The third kappa shape index (κ3) is 5.95. The molecule has 0 aromatic heterocycles. The van der Waals surface area contributed by atoms with Crippen LogP contribution in [0, 0.1) is 21.0 Å². The molecule has 2 N–H and O–H groups in total. The quantitative estimate of drug-likeness (QED) is 0.413. The molecule has 0 aliphatic rings. The van der Waals surface area contributed by atoms with Crippen LogP contribution in [0.15, 0.2) is 36.4 Å². The van der Waals surface area contributed by atoms with E-state index < -0.39 is 0 Å². The molecule has 2 aromatic rings. The minimum atomic E-state index is -0.0858. The Kier molecular flexibility index (Phi) is 7.67. The van der Waals surface area contributed by atoms with Crippen LogP contribution in [0.1, 0.15) is 38.3 Å². The SMILES string of the molecule is Cc1ccc(C(=O)NCCCNC(=O)c2ccc(C)c(I)c2)cc1I. The maximum absolute atomic E-state index is 12.1. The maximum Gasteiger partial charge on any atom is 0.251 e. The highest BCUT2D eigenvalue weighted by molar-refractivity contribution is 14.1. The molecule has 6 heteroatoms. The third-order valence-corrected chi connectivity index (χ3v) is 6.12. The smallest absolute Gasteiger partial charge is 0.251 e. The van der Waals surface area contributed by atoms with E-state index in [1.54, 1.807) is 0 Å². The van der Waals surface area contributed by atoms with Gasteiger partial charge in [0.15, 0.2) is 0 Å². The zero-order chi connectivity index (χ0) is 18.4. The van der Waals surface area contributed by atoms with Crippen molar-refractivity contribution < 1.29 is 9.59 Å². The molecule has 0 aliphatic carbocycles. The third-order valence-electron chi connectivity index (χ3n) is 3.79. The molecule has 0 bridgehead atoms. The van der Waals surface area contributed by atoms with E-state index in [1.165, 1.54) is 0 Å². The summed E-state index contributed by atoms with van der Waals surface area (Å²) >= 11 is 4.45. The largest absolute Gasteiger partial charge is 0.352 e. The molecule has 0 unspecified atom stereocenters. The van der Waals surface area contributed by atoms with Crippen LogP contribution >= 0.6 is 45.2 Å². The van der Waals surface area contributed by atoms with Gasteiger partial charge in [0, 0.05) is 31.4 Å². The zero-order valence-electron chi connectivity index (χ0n) is 14.2. The number of aryl methyl sites for hydroxylation is 2. The Balaban J connectivity index is 1.73. The summed E-state index contributed by atoms with van der Waals surface area (Å²) in [6, 6.07) is 11.3. The van der Waals surface area contributed by atoms with Crippen LogP contribution in [0.5, 0.6) is 0 Å². The van der Waals surface area contributed by atoms with E-state index in [2.05, 4.69) is 55.8 Å². The van der Waals surface area contributed by atoms with E-state index in [1.807, 2.05) is 50.2 Å². The Morgan fingerprint density at radius 3 is 1.56 bits per heavy atom. The van der Waals surface area contributed by atoms with Crippen LogP contribution in [0.3, 0.4) is 0 Å². The molecule has 0 heterocycles. The van der Waals surface area contributed by atoms with Crippen LogP contribution in [0.4, 0.5) is 0 Å². The van der Waals surface area contributed by atoms with Crippen molar-refractivity contribution in [2.75, 3.05) is 13.1 Å². The van der Waals surface area contributed by atoms with Gasteiger partial charge in [0.25, 0.3) is 11.8 Å². The molecule has 0 spiro atoms. The summed E-state index contributed by atoms with van der Waals surface area (Å²) in [7, 11) is 0. The van der Waals surface area contributed by atoms with E-state index in [9.17, 15) is 9.59 Å². The van der Waals surface area contributed by atoms with E-state index in [-0.39, 0.29) is 11.8 Å². The molecule has 25 heavy (non-hydrogen) atoms. The van der Waals surface area contributed by atoms with E-state index in [4.69, 9.17) is 0 Å². The van der Waals surface area contributed by atoms with E-state index >= 15 is 0 Å². The van der Waals surface area contributed by atoms with Crippen LogP contribution in [-0.2, 0) is 0 Å². The molecule has 0 atom stereocenters. The fourth-order valence-corrected chi connectivity index (χ4v) is 3.20. The second-order valence-corrected chi connectivity index (χ2v) is 8.12. The fraction of sp³-hybridized carbons (Fsp3) is 0.263. The molecule has 0 saturated heterocycles. The summed E-state index contributed by atoms with van der Waals surface area (Å²) in [6.45, 7) is 5.08. The predicted molar refractivity (Wildman–Crippen MR) is 117 cm³/mol. The Bertz CT molecular complexity index is 725. The van der Waals surface area contributed by atoms with Gasteiger partial charge in [-0.1, -0.05) is 12.1 Å². The number of amides is 2. The molecular formula is C19H20I2N2O2. The van der Waals surface area contributed by atoms with Gasteiger partial charge in [-0.25, -0.2) is 0 Å². The summed E-state index contributed by atoms with van der Waals surface area (Å²) in [5.41, 5.74) is 3.64. The highest BCUT2D eigenvalue weighted by atomic mass is 127. The minimum Gasteiger partial charge on any atom is -0.352 e. The average Bonchev–Trinajstić information content (AvgIpc) is 2.59. The number of benzene rings is 2. The lowest BCUT2D eigenvalue weighted by Crippen LogP contribution is -2.30. The minimum absolute atomic E-state index is 0.0858. The lowest BCUT2D eigenvalue weighted by atomic mass is 10.1. The first-order valence-corrected chi connectivity index (χ1v) is 10.1. The van der Waals surface area contributed by atoms with Crippen LogP contribution in [-0.4, -0.2) is 24.9 Å². The standard InChI is InChI=1S/C19H20I2N2O2/c1-12-4-6-14(10-16(12)20)18(24)22-8-3-9-23-19(25)15-7-5-13(2)17(21)11-15/h4-7,10-11H,3,8-9H2,1-2H3,(H,22,24)(H,23,25). The highest BCUT2D eigenvalue weighted by Crippen LogP contribution is 2.14. The summed E-state index contributed by atoms with van der Waals surface area (Å²) in [6.07, 6.45) is 0.684. The molecule has 132 valence electrons. The van der Waals surface area contributed by atoms with Crippen LogP contribution in [0.2, 0.25) is 0 Å². The van der Waals surface area contributed by atoms with E-state index in [0.29, 0.717) is 30.6 Å². The van der Waals surface area contributed by atoms with Gasteiger partial charge in [0.05, 0.1) is 0 Å². The molecule has 2 rings (SSSR count). The van der Waals surface area contributed by atoms with Crippen LogP contribution in [0.25, 0.3) is 0 Å². The number of hydrogen-bond donors (Lipinski definition) is 2. The number of carbonyl (C=O) groups is 2. The Labute approximate surface area is 175 Å². The van der Waals surface area contributed by atoms with Gasteiger partial charge >= 0.3 is 0 Å². The first-order chi connectivity index (χ1) is 11.9. The summed E-state index contributed by atoms with van der Waals surface area (Å²) in [5.74, 6) is -0.172. The van der Waals surface area contributed by atoms with Gasteiger partial charge in [-0.05, 0) is 101 Å². The van der Waals surface area contributed by atoms with Crippen molar-refractivity contribution in [2.24, 2.45) is 0 Å². The van der Waals surface area contributed by atoms with Crippen molar-refractivity contribution in [1.29, 1.82) is 0 Å². The van der Waals surface area contributed by atoms with Gasteiger partial charge in [0.2, 0.25) is 0 Å². The molecule has 2 amide bonds. The van der Waals surface area contributed by atoms with Gasteiger partial charge in [-0.3, -0.25) is 9.59 Å². The molecule has 0 fully saturated rings. The fourth-order valence-electron chi connectivity index (χ4n) is 2.16. The summed E-state index contributed by atoms with van der Waals surface area (Å²) in [5, 5.41) is 5.76. The van der Waals surface area contributed by atoms with Gasteiger partial charge in [0.1, 0.15) is 0 Å². The molecule has 0 aliphatic heterocycles. The van der Waals surface area contributed by atoms with Crippen molar-refractivity contribution in [3.63, 3.8) is 0 Å². The zero-order valence-corrected chi connectivity index (χ0v) is 18.5. The Hall–Kier alpha value is -1.16. The normalized spacial score (nSPS) is 10.4. The summed E-state index contributed by atoms with van der Waals surface area (Å²) < 4.78 is 2.15. The number of rotatable bonds is 6. The highest BCUT2D eigenvalue weighted by Gasteiger charge is 2.08. The molecule has 0 radical (unpaired) electrons. The van der Waals surface area contributed by atoms with Gasteiger partial charge in [-0.15, -0.1) is 0 Å². The topological polar surface area (TPSA) is 58.2 Å². The lowest BCUT2D eigenvalue weighted by molar-refractivity contribution is 0.0951. The number of hydrogen-bond acceptors (Lipinski definition) is 2. The Morgan fingerprint density at radius 2 is 1.20 bits per heavy atom. The monoisotopic (exact) mass is 562 g/mol. The summed E-state index contributed by atoms with van der Waals surface area (Å²) in [4.78, 5) is 24.2. The number of halogens is 2. The average molecular weight is 562 g/mol. The number of nitrogens with one attached hydrogen (secondary N) is 2. The van der Waals surface area contributed by atoms with Gasteiger partial charge < -0.3 is 10.6 Å². The van der Waals surface area contributed by atoms with Crippen LogP contribution < -0.4 is 10.6 Å². The molecule has 2 aromatic carbocycles. The second-order valence-electron chi connectivity index (χ2n) is 5.79. The van der Waals surface area contributed by atoms with Crippen molar-refractivity contribution in [2.45, 2.75) is 20.3 Å². The van der Waals surface area contributed by atoms with Crippen molar-refractivity contribution in [3.05, 3.63) is 65.8 Å². The molecule has 0 saturated carbocycles. The first-order valence-electron chi connectivity index (χ1n) is 7.97. The van der Waals surface area contributed by atoms with Gasteiger partial charge in [-0.2, -0.15) is 0 Å².